The van der Waals surface area contributed by atoms with Gasteiger partial charge in [0.05, 0.1) is 12.9 Å². The Labute approximate surface area is 138 Å². The van der Waals surface area contributed by atoms with Gasteiger partial charge in [-0.1, -0.05) is 18.2 Å². The fraction of sp³-hybridized carbons (Fsp3) is 0.263. The van der Waals surface area contributed by atoms with Crippen LogP contribution in [0.1, 0.15) is 30.6 Å². The zero-order valence-electron chi connectivity index (χ0n) is 13.2. The number of hydrogen-bond donors (Lipinski definition) is 0. The van der Waals surface area contributed by atoms with Crippen LogP contribution in [0.25, 0.3) is 5.57 Å². The Balaban J connectivity index is 2.04. The van der Waals surface area contributed by atoms with Crippen molar-refractivity contribution in [1.82, 2.24) is 0 Å². The molecule has 0 saturated carbocycles. The molecule has 2 unspecified atom stereocenters. The molecule has 1 aromatic carbocycles. The van der Waals surface area contributed by atoms with Crippen LogP contribution in [-0.2, 0) is 14.3 Å². The fourth-order valence-electron chi connectivity index (χ4n) is 3.08. The standard InChI is InChI=1S/C19H17FO4/c1-2-23-19(22)18-14(13-6-3-4-7-15(13)20)10-12(11-16(18)21)17-8-5-9-24-17/h3-9,11,14,18H,2,10H2,1H3. The van der Waals surface area contributed by atoms with Gasteiger partial charge in [0, 0.05) is 5.92 Å². The van der Waals surface area contributed by atoms with E-state index in [1.807, 2.05) is 0 Å². The minimum absolute atomic E-state index is 0.168. The maximum absolute atomic E-state index is 14.3. The van der Waals surface area contributed by atoms with E-state index in [1.165, 1.54) is 18.4 Å². The van der Waals surface area contributed by atoms with Gasteiger partial charge in [-0.15, -0.1) is 0 Å². The lowest BCUT2D eigenvalue weighted by atomic mass is 9.74. The van der Waals surface area contributed by atoms with E-state index in [2.05, 4.69) is 0 Å². The quantitative estimate of drug-likeness (QED) is 0.634. The summed E-state index contributed by atoms with van der Waals surface area (Å²) in [4.78, 5) is 24.8. The molecular formula is C19H17FO4. The summed E-state index contributed by atoms with van der Waals surface area (Å²) in [5, 5.41) is 0. The number of carbonyl (C=O) groups is 2. The summed E-state index contributed by atoms with van der Waals surface area (Å²) in [6.45, 7) is 1.84. The van der Waals surface area contributed by atoms with Crippen molar-refractivity contribution in [2.45, 2.75) is 19.3 Å². The number of hydrogen-bond acceptors (Lipinski definition) is 4. The molecule has 1 heterocycles. The number of ketones is 1. The molecule has 0 saturated heterocycles. The molecule has 1 aliphatic carbocycles. The van der Waals surface area contributed by atoms with Crippen LogP contribution in [0.3, 0.4) is 0 Å². The molecule has 0 N–H and O–H groups in total. The summed E-state index contributed by atoms with van der Waals surface area (Å²) in [5.74, 6) is -2.56. The third-order valence-electron chi connectivity index (χ3n) is 4.15. The van der Waals surface area contributed by atoms with Crippen molar-refractivity contribution >= 4 is 17.3 Å². The predicted molar refractivity (Wildman–Crippen MR) is 85.6 cm³/mol. The lowest BCUT2D eigenvalue weighted by Gasteiger charge is -2.29. The number of rotatable bonds is 4. The van der Waals surface area contributed by atoms with Gasteiger partial charge in [0.2, 0.25) is 0 Å². The predicted octanol–water partition coefficient (Wildman–Crippen LogP) is 3.74. The van der Waals surface area contributed by atoms with Crippen LogP contribution in [-0.4, -0.2) is 18.4 Å². The van der Waals surface area contributed by atoms with Crippen molar-refractivity contribution in [3.63, 3.8) is 0 Å². The van der Waals surface area contributed by atoms with Crippen molar-refractivity contribution in [2.24, 2.45) is 5.92 Å². The van der Waals surface area contributed by atoms with Crippen LogP contribution in [0.5, 0.6) is 0 Å². The molecule has 3 rings (SSSR count). The van der Waals surface area contributed by atoms with Gasteiger partial charge in [-0.25, -0.2) is 4.39 Å². The van der Waals surface area contributed by atoms with Crippen molar-refractivity contribution in [2.75, 3.05) is 6.61 Å². The van der Waals surface area contributed by atoms with Crippen LogP contribution < -0.4 is 0 Å². The molecule has 5 heteroatoms. The molecule has 2 atom stereocenters. The molecule has 24 heavy (non-hydrogen) atoms. The van der Waals surface area contributed by atoms with Gasteiger partial charge in [0.15, 0.2) is 5.78 Å². The van der Waals surface area contributed by atoms with Crippen molar-refractivity contribution in [1.29, 1.82) is 0 Å². The lowest BCUT2D eigenvalue weighted by Crippen LogP contribution is -2.34. The van der Waals surface area contributed by atoms with Gasteiger partial charge in [0.25, 0.3) is 0 Å². The number of furan rings is 1. The Morgan fingerprint density at radius 2 is 2.08 bits per heavy atom. The van der Waals surface area contributed by atoms with Gasteiger partial charge >= 0.3 is 5.97 Å². The smallest absolute Gasteiger partial charge is 0.317 e. The Morgan fingerprint density at radius 3 is 2.75 bits per heavy atom. The van der Waals surface area contributed by atoms with Crippen molar-refractivity contribution < 1.29 is 23.1 Å². The van der Waals surface area contributed by atoms with Crippen molar-refractivity contribution in [3.05, 3.63) is 65.9 Å². The lowest BCUT2D eigenvalue weighted by molar-refractivity contribution is -0.151. The molecule has 4 nitrogen and oxygen atoms in total. The third-order valence-corrected chi connectivity index (χ3v) is 4.15. The summed E-state index contributed by atoms with van der Waals surface area (Å²) in [7, 11) is 0. The Bertz CT molecular complexity index is 776. The van der Waals surface area contributed by atoms with Crippen LogP contribution in [0.4, 0.5) is 4.39 Å². The van der Waals surface area contributed by atoms with E-state index in [0.29, 0.717) is 23.3 Å². The second-order valence-electron chi connectivity index (χ2n) is 5.61. The van der Waals surface area contributed by atoms with Gasteiger partial charge in [-0.2, -0.15) is 0 Å². The normalized spacial score (nSPS) is 20.6. The van der Waals surface area contributed by atoms with Gasteiger partial charge in [-0.3, -0.25) is 9.59 Å². The Kier molecular flexibility index (Phi) is 4.60. The number of benzene rings is 1. The minimum atomic E-state index is -1.04. The molecule has 124 valence electrons. The first-order chi connectivity index (χ1) is 11.6. The van der Waals surface area contributed by atoms with E-state index in [-0.39, 0.29) is 12.4 Å². The summed E-state index contributed by atoms with van der Waals surface area (Å²) in [6, 6.07) is 9.65. The first kappa shape index (κ1) is 16.2. The molecule has 0 radical (unpaired) electrons. The summed E-state index contributed by atoms with van der Waals surface area (Å²) in [6.07, 6.45) is 3.23. The summed E-state index contributed by atoms with van der Waals surface area (Å²) < 4.78 is 24.7. The maximum atomic E-state index is 14.3. The average molecular weight is 328 g/mol. The van der Waals surface area contributed by atoms with E-state index >= 15 is 0 Å². The van der Waals surface area contributed by atoms with Crippen LogP contribution >= 0.6 is 0 Å². The van der Waals surface area contributed by atoms with E-state index in [4.69, 9.17) is 9.15 Å². The number of ether oxygens (including phenoxy) is 1. The zero-order valence-corrected chi connectivity index (χ0v) is 13.2. The van der Waals surface area contributed by atoms with Gasteiger partial charge in [-0.05, 0) is 48.8 Å². The largest absolute Gasteiger partial charge is 0.465 e. The summed E-state index contributed by atoms with van der Waals surface area (Å²) >= 11 is 0. The van der Waals surface area contributed by atoms with Crippen LogP contribution in [0.2, 0.25) is 0 Å². The fourth-order valence-corrected chi connectivity index (χ4v) is 3.08. The molecule has 1 aliphatic rings. The molecule has 0 aliphatic heterocycles. The molecule has 0 amide bonds. The number of carbonyl (C=O) groups excluding carboxylic acids is 2. The van der Waals surface area contributed by atoms with E-state index in [1.54, 1.807) is 37.3 Å². The molecule has 0 fully saturated rings. The highest BCUT2D eigenvalue weighted by Gasteiger charge is 2.41. The first-order valence-corrected chi connectivity index (χ1v) is 7.81. The third kappa shape index (κ3) is 3.02. The number of allylic oxidation sites excluding steroid dienone is 2. The van der Waals surface area contributed by atoms with Gasteiger partial charge < -0.3 is 9.15 Å². The van der Waals surface area contributed by atoms with Crippen molar-refractivity contribution in [3.8, 4) is 0 Å². The highest BCUT2D eigenvalue weighted by molar-refractivity contribution is 6.10. The number of esters is 1. The minimum Gasteiger partial charge on any atom is -0.465 e. The molecule has 2 aromatic rings. The molecule has 0 bridgehead atoms. The number of halogens is 1. The van der Waals surface area contributed by atoms with Crippen LogP contribution in [0.15, 0.2) is 53.2 Å². The molecule has 0 spiro atoms. The Morgan fingerprint density at radius 1 is 1.29 bits per heavy atom. The Hall–Kier alpha value is -2.69. The van der Waals surface area contributed by atoms with Crippen LogP contribution in [0, 0.1) is 11.7 Å². The summed E-state index contributed by atoms with van der Waals surface area (Å²) in [5.41, 5.74) is 0.986. The highest BCUT2D eigenvalue weighted by atomic mass is 19.1. The zero-order chi connectivity index (χ0) is 17.1. The topological polar surface area (TPSA) is 56.5 Å². The molecule has 1 aromatic heterocycles. The van der Waals surface area contributed by atoms with Gasteiger partial charge in [0.1, 0.15) is 17.5 Å². The van der Waals surface area contributed by atoms with E-state index in [0.717, 1.165) is 0 Å². The van der Waals surface area contributed by atoms with E-state index in [9.17, 15) is 14.0 Å². The first-order valence-electron chi connectivity index (χ1n) is 7.81. The molecular weight excluding hydrogens is 311 g/mol. The van der Waals surface area contributed by atoms with E-state index < -0.39 is 23.6 Å². The second-order valence-corrected chi connectivity index (χ2v) is 5.61. The highest BCUT2D eigenvalue weighted by Crippen LogP contribution is 2.41. The maximum Gasteiger partial charge on any atom is 0.317 e. The monoisotopic (exact) mass is 328 g/mol. The second kappa shape index (κ2) is 6.83. The SMILES string of the molecule is CCOC(=O)C1C(=O)C=C(c2ccco2)CC1c1ccccc1F. The average Bonchev–Trinajstić information content (AvgIpc) is 3.09.